The molecule has 1 aromatic rings. The fraction of sp³-hybridized carbons (Fsp3) is 0.667. The van der Waals surface area contributed by atoms with Crippen molar-refractivity contribution in [2.24, 2.45) is 23.0 Å². The number of rotatable bonds is 2. The number of hydrogen-bond acceptors (Lipinski definition) is 2. The maximum atomic E-state index is 11.7. The summed E-state index contributed by atoms with van der Waals surface area (Å²) in [5, 5.41) is 0. The largest absolute Gasteiger partial charge is 0.381 e. The van der Waals surface area contributed by atoms with Crippen molar-refractivity contribution >= 4 is 5.91 Å². The minimum atomic E-state index is -0.299. The number of fused-ring (bicyclic) bond motifs is 5. The Morgan fingerprint density at radius 1 is 1.25 bits per heavy atom. The highest BCUT2D eigenvalue weighted by molar-refractivity contribution is 5.94. The summed E-state index contributed by atoms with van der Waals surface area (Å²) in [5.74, 6) is 1.91. The van der Waals surface area contributed by atoms with Crippen LogP contribution < -0.4 is 5.73 Å². The quantitative estimate of drug-likeness (QED) is 0.893. The van der Waals surface area contributed by atoms with E-state index in [-0.39, 0.29) is 5.91 Å². The number of hydrogen-bond donors (Lipinski definition) is 1. The number of benzene rings is 1. The average Bonchev–Trinajstić information content (AvgIpc) is 2.90. The number of amides is 1. The van der Waals surface area contributed by atoms with Crippen LogP contribution in [0.25, 0.3) is 0 Å². The second kappa shape index (κ2) is 5.59. The van der Waals surface area contributed by atoms with Crippen LogP contribution in [0, 0.1) is 24.2 Å². The lowest BCUT2D eigenvalue weighted by molar-refractivity contribution is -0.0444. The molecule has 24 heavy (non-hydrogen) atoms. The monoisotopic (exact) mass is 327 g/mol. The number of primary amides is 1. The number of nitrogens with two attached hydrogens (primary N) is 1. The van der Waals surface area contributed by atoms with Crippen molar-refractivity contribution in [3.8, 4) is 0 Å². The molecule has 3 unspecified atom stereocenters. The number of carbonyl (C=O) groups excluding carboxylic acids is 1. The van der Waals surface area contributed by atoms with Gasteiger partial charge in [-0.3, -0.25) is 4.79 Å². The Kier molecular flexibility index (Phi) is 3.76. The first-order chi connectivity index (χ1) is 11.5. The Morgan fingerprint density at radius 3 is 2.75 bits per heavy atom. The van der Waals surface area contributed by atoms with Gasteiger partial charge in [0.25, 0.3) is 0 Å². The Bertz CT molecular complexity index is 683. The Hall–Kier alpha value is -1.35. The predicted octanol–water partition coefficient (Wildman–Crippen LogP) is 3.97. The summed E-state index contributed by atoms with van der Waals surface area (Å²) in [6, 6.07) is 4.33. The van der Waals surface area contributed by atoms with Crippen LogP contribution in [-0.2, 0) is 11.2 Å². The van der Waals surface area contributed by atoms with Gasteiger partial charge in [0.05, 0.1) is 6.10 Å². The van der Waals surface area contributed by atoms with Crippen LogP contribution in [-0.4, -0.2) is 19.1 Å². The molecule has 2 fully saturated rings. The topological polar surface area (TPSA) is 52.3 Å². The summed E-state index contributed by atoms with van der Waals surface area (Å²) < 4.78 is 5.84. The van der Waals surface area contributed by atoms with Crippen molar-refractivity contribution in [3.05, 3.63) is 34.4 Å². The lowest BCUT2D eigenvalue weighted by Gasteiger charge is -2.50. The van der Waals surface area contributed by atoms with Crippen LogP contribution in [0.3, 0.4) is 0 Å². The smallest absolute Gasteiger partial charge is 0.248 e. The first-order valence-corrected chi connectivity index (χ1v) is 9.41. The van der Waals surface area contributed by atoms with Crippen LogP contribution in [0.4, 0.5) is 0 Å². The standard InChI is InChI=1S/C21H29NO2/c1-12-10-17-13(11-16(12)20(22)23)4-5-15-14(17)8-9-21(2)18(15)6-7-19(21)24-3/h10-11,14-15,18-19H,4-9H2,1-3H3,(H2,22,23)/t14?,15?,18?,19-,21-/m0/s1. The summed E-state index contributed by atoms with van der Waals surface area (Å²) in [7, 11) is 1.88. The van der Waals surface area contributed by atoms with Crippen molar-refractivity contribution in [2.45, 2.75) is 64.4 Å². The molecule has 3 aliphatic rings. The molecule has 3 aliphatic carbocycles. The minimum Gasteiger partial charge on any atom is -0.381 e. The number of methoxy groups -OCH3 is 1. The van der Waals surface area contributed by atoms with Gasteiger partial charge in [0.15, 0.2) is 0 Å². The van der Waals surface area contributed by atoms with Gasteiger partial charge in [-0.2, -0.15) is 0 Å². The van der Waals surface area contributed by atoms with Gasteiger partial charge < -0.3 is 10.5 Å². The molecule has 4 rings (SSSR count). The third-order valence-corrected chi connectivity index (χ3v) is 7.53. The molecule has 0 heterocycles. The first-order valence-electron chi connectivity index (χ1n) is 9.41. The molecule has 0 aliphatic heterocycles. The maximum Gasteiger partial charge on any atom is 0.248 e. The predicted molar refractivity (Wildman–Crippen MR) is 95.1 cm³/mol. The van der Waals surface area contributed by atoms with Gasteiger partial charge in [-0.1, -0.05) is 13.0 Å². The van der Waals surface area contributed by atoms with Crippen LogP contribution >= 0.6 is 0 Å². The summed E-state index contributed by atoms with van der Waals surface area (Å²) in [6.45, 7) is 4.49. The van der Waals surface area contributed by atoms with Crippen molar-refractivity contribution in [1.82, 2.24) is 0 Å². The van der Waals surface area contributed by atoms with Gasteiger partial charge in [0.2, 0.25) is 5.91 Å². The first kappa shape index (κ1) is 16.1. The molecule has 130 valence electrons. The Morgan fingerprint density at radius 2 is 2.04 bits per heavy atom. The van der Waals surface area contributed by atoms with Gasteiger partial charge in [-0.25, -0.2) is 0 Å². The third-order valence-electron chi connectivity index (χ3n) is 7.53. The SMILES string of the molecule is CO[C@H]1CCC2C3CCc4cc(C(N)=O)c(C)cc4C3CC[C@@]21C. The molecule has 1 aromatic carbocycles. The van der Waals surface area contributed by atoms with Crippen LogP contribution in [0.15, 0.2) is 12.1 Å². The van der Waals surface area contributed by atoms with E-state index >= 15 is 0 Å². The zero-order valence-corrected chi connectivity index (χ0v) is 15.1. The molecule has 0 bridgehead atoms. The second-order valence-corrected chi connectivity index (χ2v) is 8.49. The normalized spacial score (nSPS) is 37.5. The van der Waals surface area contributed by atoms with E-state index in [1.54, 1.807) is 0 Å². The van der Waals surface area contributed by atoms with Gasteiger partial charge in [-0.15, -0.1) is 0 Å². The lowest BCUT2D eigenvalue weighted by Crippen LogP contribution is -2.44. The number of aryl methyl sites for hydroxylation is 2. The molecule has 3 nitrogen and oxygen atoms in total. The second-order valence-electron chi connectivity index (χ2n) is 8.49. The summed E-state index contributed by atoms with van der Waals surface area (Å²) in [5.41, 5.74) is 10.5. The van der Waals surface area contributed by atoms with Gasteiger partial charge >= 0.3 is 0 Å². The molecule has 5 atom stereocenters. The zero-order valence-electron chi connectivity index (χ0n) is 15.1. The van der Waals surface area contributed by atoms with Gasteiger partial charge in [0, 0.05) is 12.7 Å². The van der Waals surface area contributed by atoms with Crippen molar-refractivity contribution in [2.75, 3.05) is 7.11 Å². The molecule has 0 spiro atoms. The van der Waals surface area contributed by atoms with E-state index in [4.69, 9.17) is 10.5 Å². The average molecular weight is 327 g/mol. The molecule has 3 heteroatoms. The van der Waals surface area contributed by atoms with Gasteiger partial charge in [-0.05, 0) is 91.4 Å². The molecular weight excluding hydrogens is 298 g/mol. The maximum absolute atomic E-state index is 11.7. The summed E-state index contributed by atoms with van der Waals surface area (Å²) in [4.78, 5) is 11.7. The van der Waals surface area contributed by atoms with E-state index in [1.165, 1.54) is 43.2 Å². The summed E-state index contributed by atoms with van der Waals surface area (Å²) >= 11 is 0. The van der Waals surface area contributed by atoms with Crippen LogP contribution in [0.1, 0.15) is 72.0 Å². The third kappa shape index (κ3) is 2.17. The van der Waals surface area contributed by atoms with E-state index in [0.717, 1.165) is 23.8 Å². The number of carbonyl (C=O) groups is 1. The van der Waals surface area contributed by atoms with Crippen LogP contribution in [0.5, 0.6) is 0 Å². The Balaban J connectivity index is 1.70. The van der Waals surface area contributed by atoms with E-state index < -0.39 is 0 Å². The lowest BCUT2D eigenvalue weighted by atomic mass is 9.55. The Labute approximate surface area is 145 Å². The van der Waals surface area contributed by atoms with E-state index in [1.807, 2.05) is 14.0 Å². The highest BCUT2D eigenvalue weighted by Crippen LogP contribution is 2.61. The zero-order chi connectivity index (χ0) is 17.1. The van der Waals surface area contributed by atoms with E-state index in [2.05, 4.69) is 19.1 Å². The van der Waals surface area contributed by atoms with E-state index in [0.29, 0.717) is 23.0 Å². The number of ether oxygens (including phenoxy) is 1. The highest BCUT2D eigenvalue weighted by Gasteiger charge is 2.55. The van der Waals surface area contributed by atoms with Crippen molar-refractivity contribution < 1.29 is 9.53 Å². The highest BCUT2D eigenvalue weighted by atomic mass is 16.5. The minimum absolute atomic E-state index is 0.299. The summed E-state index contributed by atoms with van der Waals surface area (Å²) in [6.07, 6.45) is 7.80. The molecule has 0 aromatic heterocycles. The fourth-order valence-corrected chi connectivity index (χ4v) is 6.34. The molecule has 0 saturated heterocycles. The molecule has 0 radical (unpaired) electrons. The van der Waals surface area contributed by atoms with Crippen molar-refractivity contribution in [3.63, 3.8) is 0 Å². The van der Waals surface area contributed by atoms with Gasteiger partial charge in [0.1, 0.15) is 0 Å². The molecule has 1 amide bonds. The fourth-order valence-electron chi connectivity index (χ4n) is 6.34. The molecule has 2 saturated carbocycles. The van der Waals surface area contributed by atoms with Crippen LogP contribution in [0.2, 0.25) is 0 Å². The van der Waals surface area contributed by atoms with Crippen molar-refractivity contribution in [1.29, 1.82) is 0 Å². The molecular formula is C21H29NO2. The van der Waals surface area contributed by atoms with E-state index in [9.17, 15) is 4.79 Å². The molecule has 2 N–H and O–H groups in total.